The van der Waals surface area contributed by atoms with E-state index in [0.29, 0.717) is 81.1 Å². The van der Waals surface area contributed by atoms with Gasteiger partial charge in [-0.1, -0.05) is 46.8 Å². The second-order valence-corrected chi connectivity index (χ2v) is 15.2. The van der Waals surface area contributed by atoms with E-state index >= 15 is 0 Å². The second kappa shape index (κ2) is 16.5. The highest BCUT2D eigenvalue weighted by Crippen LogP contribution is 2.69. The molecule has 0 aromatic heterocycles. The molecule has 0 aliphatic heterocycles. The van der Waals surface area contributed by atoms with Crippen molar-refractivity contribution in [3.05, 3.63) is 12.2 Å². The van der Waals surface area contributed by atoms with Crippen LogP contribution in [0.1, 0.15) is 79.6 Å². The highest BCUT2D eigenvalue weighted by Gasteiger charge is 2.65. The molecule has 4 saturated carbocycles. The van der Waals surface area contributed by atoms with Gasteiger partial charge in [-0.05, 0) is 97.2 Å². The summed E-state index contributed by atoms with van der Waals surface area (Å²) in [6.07, 6.45) is 13.4. The predicted molar refractivity (Wildman–Crippen MR) is 171 cm³/mol. The summed E-state index contributed by atoms with van der Waals surface area (Å²) in [6.45, 7) is 14.2. The van der Waals surface area contributed by atoms with Gasteiger partial charge in [0.05, 0.1) is 24.9 Å². The van der Waals surface area contributed by atoms with E-state index in [9.17, 15) is 0 Å². The van der Waals surface area contributed by atoms with E-state index in [1.165, 1.54) is 12.8 Å². The molecule has 4 aliphatic rings. The quantitative estimate of drug-likeness (QED) is 0.0982. The fourth-order valence-electron chi connectivity index (χ4n) is 10.3. The molecule has 12 atom stereocenters. The minimum atomic E-state index is 0.149. The van der Waals surface area contributed by atoms with Crippen molar-refractivity contribution in [1.82, 2.24) is 0 Å². The van der Waals surface area contributed by atoms with Crippen molar-refractivity contribution in [3.8, 4) is 0 Å². The molecule has 0 aromatic carbocycles. The third-order valence-corrected chi connectivity index (χ3v) is 12.5. The molecule has 0 bridgehead atoms. The molecular formula is C36H64O8. The number of rotatable bonds is 17. The summed E-state index contributed by atoms with van der Waals surface area (Å²) in [7, 11) is 6.85. The van der Waals surface area contributed by atoms with Crippen LogP contribution in [0.15, 0.2) is 12.2 Å². The zero-order valence-corrected chi connectivity index (χ0v) is 29.3. The van der Waals surface area contributed by atoms with Gasteiger partial charge < -0.3 is 37.9 Å². The van der Waals surface area contributed by atoms with Gasteiger partial charge in [0.25, 0.3) is 0 Å². The topological polar surface area (TPSA) is 73.8 Å². The van der Waals surface area contributed by atoms with E-state index in [4.69, 9.17) is 37.9 Å². The Labute approximate surface area is 268 Å². The van der Waals surface area contributed by atoms with E-state index in [1.807, 2.05) is 0 Å². The fourth-order valence-corrected chi connectivity index (χ4v) is 10.3. The smallest absolute Gasteiger partial charge is 0.146 e. The Balaban J connectivity index is 1.60. The first kappa shape index (κ1) is 36.3. The van der Waals surface area contributed by atoms with Gasteiger partial charge in [0.2, 0.25) is 0 Å². The summed E-state index contributed by atoms with van der Waals surface area (Å²) in [5, 5.41) is 0. The maximum atomic E-state index is 6.61. The van der Waals surface area contributed by atoms with Gasteiger partial charge in [0, 0.05) is 34.4 Å². The van der Waals surface area contributed by atoms with Crippen LogP contribution >= 0.6 is 0 Å². The lowest BCUT2D eigenvalue weighted by molar-refractivity contribution is -0.223. The molecule has 44 heavy (non-hydrogen) atoms. The standard InChI is InChI=1S/C36H64O8/c1-24(2)26(19-41-20-37-6)11-10-25(3)30-18-33(44-23-40-9)34-28-17-32(43-22-39-8)31-16-27(42-21-38-7)12-14-35(31,4)29(28)13-15-36(30,34)5/h10-11,24-34H,12-23H2,1-9H3/b11-10+/t25-,26-,27+,28-,29+,30-,31-,32+,33-,34-,35-,36-/m1/s1. The molecule has 4 fully saturated rings. The molecule has 4 rings (SSSR count). The molecule has 256 valence electrons. The van der Waals surface area contributed by atoms with E-state index in [0.717, 1.165) is 32.1 Å². The molecule has 0 spiro atoms. The normalized spacial score (nSPS) is 40.1. The number of ether oxygens (including phenoxy) is 8. The highest BCUT2D eigenvalue weighted by atomic mass is 16.7. The van der Waals surface area contributed by atoms with Crippen LogP contribution in [0.5, 0.6) is 0 Å². The highest BCUT2D eigenvalue weighted by molar-refractivity contribution is 5.15. The summed E-state index contributed by atoms with van der Waals surface area (Å²) < 4.78 is 46.4. The summed E-state index contributed by atoms with van der Waals surface area (Å²) in [6, 6.07) is 0. The van der Waals surface area contributed by atoms with Gasteiger partial charge in [-0.15, -0.1) is 0 Å². The van der Waals surface area contributed by atoms with Crippen LogP contribution in [0.4, 0.5) is 0 Å². The minimum Gasteiger partial charge on any atom is -0.359 e. The summed E-state index contributed by atoms with van der Waals surface area (Å²) in [5.74, 6) is 3.97. The number of hydrogen-bond donors (Lipinski definition) is 0. The maximum Gasteiger partial charge on any atom is 0.146 e. The lowest BCUT2D eigenvalue weighted by Gasteiger charge is -2.63. The van der Waals surface area contributed by atoms with Crippen LogP contribution < -0.4 is 0 Å². The Morgan fingerprint density at radius 1 is 0.682 bits per heavy atom. The number of fused-ring (bicyclic) bond motifs is 5. The Hall–Kier alpha value is -0.580. The van der Waals surface area contributed by atoms with Gasteiger partial charge in [-0.3, -0.25) is 0 Å². The Morgan fingerprint density at radius 2 is 1.32 bits per heavy atom. The van der Waals surface area contributed by atoms with Crippen molar-refractivity contribution in [2.24, 2.45) is 58.2 Å². The lowest BCUT2D eigenvalue weighted by atomic mass is 9.43. The Morgan fingerprint density at radius 3 is 1.98 bits per heavy atom. The fraction of sp³-hybridized carbons (Fsp3) is 0.944. The van der Waals surface area contributed by atoms with Crippen LogP contribution in [-0.2, 0) is 37.9 Å². The average molecular weight is 625 g/mol. The Bertz CT molecular complexity index is 882. The minimum absolute atomic E-state index is 0.149. The zero-order valence-electron chi connectivity index (χ0n) is 29.3. The molecule has 0 radical (unpaired) electrons. The number of allylic oxidation sites excluding steroid dienone is 1. The SMILES string of the molecule is COCOC[C@@H](/C=C/[C@@H](C)[C@H]1C[C@@H](OCOC)[C@H]2[C@@H]3C[C@H](OCOC)[C@H]4C[C@@H](OCOC)CC[C@]4(C)[C@H]3CC[C@@]21C)C(C)C. The first-order valence-electron chi connectivity index (χ1n) is 17.2. The van der Waals surface area contributed by atoms with Crippen molar-refractivity contribution in [2.45, 2.75) is 97.9 Å². The lowest BCUT2D eigenvalue weighted by Crippen LogP contribution is -2.60. The van der Waals surface area contributed by atoms with Crippen molar-refractivity contribution in [2.75, 3.05) is 62.2 Å². The van der Waals surface area contributed by atoms with E-state index in [2.05, 4.69) is 46.8 Å². The van der Waals surface area contributed by atoms with Crippen LogP contribution in [0.25, 0.3) is 0 Å². The number of methoxy groups -OCH3 is 4. The molecule has 4 aliphatic carbocycles. The van der Waals surface area contributed by atoms with Gasteiger partial charge in [-0.25, -0.2) is 0 Å². The van der Waals surface area contributed by atoms with Crippen LogP contribution in [0, 0.1) is 58.2 Å². The predicted octanol–water partition coefficient (Wildman–Crippen LogP) is 6.92. The van der Waals surface area contributed by atoms with E-state index < -0.39 is 0 Å². The molecule has 8 nitrogen and oxygen atoms in total. The van der Waals surface area contributed by atoms with E-state index in [1.54, 1.807) is 28.4 Å². The molecule has 0 amide bonds. The van der Waals surface area contributed by atoms with Gasteiger partial charge >= 0.3 is 0 Å². The van der Waals surface area contributed by atoms with Crippen LogP contribution in [0.3, 0.4) is 0 Å². The first-order chi connectivity index (χ1) is 21.1. The Kier molecular flexibility index (Phi) is 13.6. The molecule has 0 heterocycles. The van der Waals surface area contributed by atoms with Crippen molar-refractivity contribution < 1.29 is 37.9 Å². The first-order valence-corrected chi connectivity index (χ1v) is 17.2. The van der Waals surface area contributed by atoms with Gasteiger partial charge in [0.15, 0.2) is 0 Å². The third kappa shape index (κ3) is 7.75. The molecule has 0 N–H and O–H groups in total. The van der Waals surface area contributed by atoms with E-state index in [-0.39, 0.29) is 29.1 Å². The van der Waals surface area contributed by atoms with Crippen molar-refractivity contribution in [3.63, 3.8) is 0 Å². The van der Waals surface area contributed by atoms with Crippen molar-refractivity contribution >= 4 is 0 Å². The van der Waals surface area contributed by atoms with Crippen LogP contribution in [0.2, 0.25) is 0 Å². The summed E-state index contributed by atoms with van der Waals surface area (Å²) >= 11 is 0. The second-order valence-electron chi connectivity index (χ2n) is 15.2. The third-order valence-electron chi connectivity index (χ3n) is 12.5. The summed E-state index contributed by atoms with van der Waals surface area (Å²) in [4.78, 5) is 0. The number of hydrogen-bond acceptors (Lipinski definition) is 8. The monoisotopic (exact) mass is 624 g/mol. The molecule has 0 unspecified atom stereocenters. The largest absolute Gasteiger partial charge is 0.359 e. The maximum absolute atomic E-state index is 6.61. The molecular weight excluding hydrogens is 560 g/mol. The van der Waals surface area contributed by atoms with Crippen molar-refractivity contribution in [1.29, 1.82) is 0 Å². The molecule has 0 saturated heterocycles. The molecule has 8 heteroatoms. The zero-order chi connectivity index (χ0) is 31.9. The van der Waals surface area contributed by atoms with Gasteiger partial charge in [-0.2, -0.15) is 0 Å². The van der Waals surface area contributed by atoms with Gasteiger partial charge in [0.1, 0.15) is 27.2 Å². The molecule has 0 aromatic rings. The summed E-state index contributed by atoms with van der Waals surface area (Å²) in [5.41, 5.74) is 0.397. The average Bonchev–Trinajstić information content (AvgIpc) is 3.31. The van der Waals surface area contributed by atoms with Crippen LogP contribution in [-0.4, -0.2) is 80.5 Å².